The summed E-state index contributed by atoms with van der Waals surface area (Å²) in [5.41, 5.74) is 0.168. The summed E-state index contributed by atoms with van der Waals surface area (Å²) >= 11 is 0. The van der Waals surface area contributed by atoms with Crippen molar-refractivity contribution in [2.45, 2.75) is 12.8 Å². The van der Waals surface area contributed by atoms with E-state index in [-0.39, 0.29) is 5.57 Å². The van der Waals surface area contributed by atoms with Gasteiger partial charge in [0.2, 0.25) is 0 Å². The topological polar surface area (TPSA) is 95.8 Å². The van der Waals surface area contributed by atoms with Crippen LogP contribution in [0.15, 0.2) is 46.6 Å². The summed E-state index contributed by atoms with van der Waals surface area (Å²) in [5, 5.41) is 2.18. The first-order valence-electron chi connectivity index (χ1n) is 8.30. The monoisotopic (exact) mass is 352 g/mol. The smallest absolute Gasteiger partial charge is 0.335 e. The molecule has 2 aliphatic heterocycles. The SMILES string of the molecule is O=C1NC(=O)N(c2ccncc2)C(=O)/C1=C/c1ccc(N2CCCC2)o1. The van der Waals surface area contributed by atoms with Crippen LogP contribution in [0.25, 0.3) is 6.08 Å². The van der Waals surface area contributed by atoms with E-state index in [0.29, 0.717) is 17.3 Å². The zero-order valence-corrected chi connectivity index (χ0v) is 13.8. The number of barbiturate groups is 1. The normalized spacial score (nSPS) is 19.4. The molecule has 2 aliphatic rings. The van der Waals surface area contributed by atoms with Crippen LogP contribution >= 0.6 is 0 Å². The molecule has 132 valence electrons. The minimum absolute atomic E-state index is 0.163. The Hall–Kier alpha value is -3.42. The lowest BCUT2D eigenvalue weighted by molar-refractivity contribution is -0.122. The zero-order valence-electron chi connectivity index (χ0n) is 13.8. The summed E-state index contributed by atoms with van der Waals surface area (Å²) in [4.78, 5) is 43.8. The maximum atomic E-state index is 12.7. The van der Waals surface area contributed by atoms with Gasteiger partial charge in [-0.2, -0.15) is 0 Å². The molecule has 1 N–H and O–H groups in total. The van der Waals surface area contributed by atoms with Crippen LogP contribution in [0.1, 0.15) is 18.6 Å². The largest absolute Gasteiger partial charge is 0.441 e. The molecule has 0 saturated carbocycles. The van der Waals surface area contributed by atoms with E-state index in [1.165, 1.54) is 30.6 Å². The molecule has 8 heteroatoms. The average molecular weight is 352 g/mol. The molecule has 0 bridgehead atoms. The van der Waals surface area contributed by atoms with Crippen molar-refractivity contribution in [3.05, 3.63) is 48.0 Å². The van der Waals surface area contributed by atoms with E-state index in [1.807, 2.05) is 6.07 Å². The van der Waals surface area contributed by atoms with E-state index in [0.717, 1.165) is 30.8 Å². The number of furan rings is 1. The molecule has 4 amide bonds. The van der Waals surface area contributed by atoms with Gasteiger partial charge in [0.1, 0.15) is 11.3 Å². The Morgan fingerprint density at radius 2 is 1.77 bits per heavy atom. The van der Waals surface area contributed by atoms with Crippen LogP contribution in [0.3, 0.4) is 0 Å². The van der Waals surface area contributed by atoms with Crippen LogP contribution in [0.4, 0.5) is 16.4 Å². The van der Waals surface area contributed by atoms with Gasteiger partial charge >= 0.3 is 6.03 Å². The van der Waals surface area contributed by atoms with Crippen LogP contribution in [-0.2, 0) is 9.59 Å². The molecule has 0 spiro atoms. The highest BCUT2D eigenvalue weighted by molar-refractivity contribution is 6.39. The fourth-order valence-electron chi connectivity index (χ4n) is 3.05. The molecule has 0 aliphatic carbocycles. The summed E-state index contributed by atoms with van der Waals surface area (Å²) < 4.78 is 5.74. The number of hydrogen-bond acceptors (Lipinski definition) is 6. The van der Waals surface area contributed by atoms with Gasteiger partial charge in [0.05, 0.1) is 5.69 Å². The summed E-state index contributed by atoms with van der Waals surface area (Å²) in [6.45, 7) is 1.85. The molecule has 2 fully saturated rings. The van der Waals surface area contributed by atoms with E-state index in [2.05, 4.69) is 15.2 Å². The Bertz CT molecular complexity index is 897. The Morgan fingerprint density at radius 1 is 1.04 bits per heavy atom. The lowest BCUT2D eigenvalue weighted by atomic mass is 10.1. The average Bonchev–Trinajstić information content (AvgIpc) is 3.31. The highest BCUT2D eigenvalue weighted by Gasteiger charge is 2.37. The Kier molecular flexibility index (Phi) is 4.00. The summed E-state index contributed by atoms with van der Waals surface area (Å²) in [6, 6.07) is 5.76. The van der Waals surface area contributed by atoms with Crippen molar-refractivity contribution in [1.82, 2.24) is 10.3 Å². The number of aromatic nitrogens is 1. The molecule has 2 aromatic rings. The molecular formula is C18H16N4O4. The summed E-state index contributed by atoms with van der Waals surface area (Å²) in [6.07, 6.45) is 6.51. The Morgan fingerprint density at radius 3 is 2.50 bits per heavy atom. The van der Waals surface area contributed by atoms with Gasteiger partial charge in [0.15, 0.2) is 5.88 Å². The first kappa shape index (κ1) is 16.1. The number of carbonyl (C=O) groups is 3. The molecule has 0 radical (unpaired) electrons. The maximum Gasteiger partial charge on any atom is 0.335 e. The van der Waals surface area contributed by atoms with Gasteiger partial charge in [0.25, 0.3) is 11.8 Å². The van der Waals surface area contributed by atoms with Crippen molar-refractivity contribution in [1.29, 1.82) is 0 Å². The zero-order chi connectivity index (χ0) is 18.1. The second-order valence-corrected chi connectivity index (χ2v) is 6.03. The second kappa shape index (κ2) is 6.47. The fourth-order valence-corrected chi connectivity index (χ4v) is 3.05. The number of pyridine rings is 1. The van der Waals surface area contributed by atoms with Gasteiger partial charge in [-0.1, -0.05) is 0 Å². The molecule has 4 heterocycles. The summed E-state index contributed by atoms with van der Waals surface area (Å²) in [7, 11) is 0. The predicted octanol–water partition coefficient (Wildman–Crippen LogP) is 1.94. The third kappa shape index (κ3) is 2.85. The number of carbonyl (C=O) groups excluding carboxylic acids is 3. The number of nitrogens with one attached hydrogen (secondary N) is 1. The van der Waals surface area contributed by atoms with Crippen molar-refractivity contribution < 1.29 is 18.8 Å². The van der Waals surface area contributed by atoms with Crippen LogP contribution < -0.4 is 15.1 Å². The predicted molar refractivity (Wildman–Crippen MR) is 93.4 cm³/mol. The van der Waals surface area contributed by atoms with Crippen molar-refractivity contribution in [3.8, 4) is 0 Å². The lowest BCUT2D eigenvalue weighted by Gasteiger charge is -2.25. The van der Waals surface area contributed by atoms with Crippen LogP contribution in [-0.4, -0.2) is 35.9 Å². The molecule has 26 heavy (non-hydrogen) atoms. The molecule has 2 aromatic heterocycles. The molecule has 2 saturated heterocycles. The standard InChI is InChI=1S/C18H16N4O4/c23-16-14(11-13-3-4-15(26-13)21-9-1-2-10-21)17(24)22(18(25)20-16)12-5-7-19-8-6-12/h3-8,11H,1-2,9-10H2,(H,20,23,25)/b14-11+. The number of nitrogens with zero attached hydrogens (tertiary/aromatic N) is 3. The van der Waals surface area contributed by atoms with Gasteiger partial charge in [-0.15, -0.1) is 0 Å². The van der Waals surface area contributed by atoms with E-state index in [1.54, 1.807) is 6.07 Å². The van der Waals surface area contributed by atoms with E-state index < -0.39 is 17.8 Å². The molecule has 0 unspecified atom stereocenters. The highest BCUT2D eigenvalue weighted by atomic mass is 16.4. The molecule has 8 nitrogen and oxygen atoms in total. The minimum atomic E-state index is -0.791. The first-order chi connectivity index (χ1) is 12.6. The van der Waals surface area contributed by atoms with Crippen LogP contribution in [0.2, 0.25) is 0 Å². The number of hydrogen-bond donors (Lipinski definition) is 1. The quantitative estimate of drug-likeness (QED) is 0.670. The second-order valence-electron chi connectivity index (χ2n) is 6.03. The lowest BCUT2D eigenvalue weighted by Crippen LogP contribution is -2.54. The van der Waals surface area contributed by atoms with Crippen molar-refractivity contribution in [2.75, 3.05) is 22.9 Å². The van der Waals surface area contributed by atoms with E-state index >= 15 is 0 Å². The Labute approximate surface area is 149 Å². The fraction of sp³-hybridized carbons (Fsp3) is 0.222. The minimum Gasteiger partial charge on any atom is -0.441 e. The third-order valence-electron chi connectivity index (χ3n) is 4.34. The van der Waals surface area contributed by atoms with Crippen molar-refractivity contribution >= 4 is 35.5 Å². The van der Waals surface area contributed by atoms with Gasteiger partial charge in [-0.3, -0.25) is 19.9 Å². The van der Waals surface area contributed by atoms with Gasteiger partial charge in [-0.05, 0) is 37.1 Å². The summed E-state index contributed by atoms with van der Waals surface area (Å²) in [5.74, 6) is -0.358. The van der Waals surface area contributed by atoms with Crippen molar-refractivity contribution in [3.63, 3.8) is 0 Å². The molecule has 0 aromatic carbocycles. The number of anilines is 2. The molecule has 0 atom stereocenters. The number of rotatable bonds is 3. The van der Waals surface area contributed by atoms with Crippen LogP contribution in [0, 0.1) is 0 Å². The molecular weight excluding hydrogens is 336 g/mol. The number of urea groups is 1. The van der Waals surface area contributed by atoms with E-state index in [9.17, 15) is 14.4 Å². The first-order valence-corrected chi connectivity index (χ1v) is 8.30. The highest BCUT2D eigenvalue weighted by Crippen LogP contribution is 2.26. The van der Waals surface area contributed by atoms with Gasteiger partial charge in [-0.25, -0.2) is 9.69 Å². The number of amides is 4. The Balaban J connectivity index is 1.64. The van der Waals surface area contributed by atoms with Gasteiger partial charge < -0.3 is 9.32 Å². The third-order valence-corrected chi connectivity index (χ3v) is 4.34. The van der Waals surface area contributed by atoms with Crippen molar-refractivity contribution in [2.24, 2.45) is 0 Å². The van der Waals surface area contributed by atoms with E-state index in [4.69, 9.17) is 4.42 Å². The number of imide groups is 2. The van der Waals surface area contributed by atoms with Crippen LogP contribution in [0.5, 0.6) is 0 Å². The maximum absolute atomic E-state index is 12.7. The molecule has 4 rings (SSSR count). The van der Waals surface area contributed by atoms with Gasteiger partial charge in [0, 0.05) is 31.5 Å².